The van der Waals surface area contributed by atoms with Crippen LogP contribution < -0.4 is 10.5 Å². The Labute approximate surface area is 59.7 Å². The van der Waals surface area contributed by atoms with E-state index in [-0.39, 0.29) is 6.04 Å². The van der Waals surface area contributed by atoms with Crippen LogP contribution in [0.1, 0.15) is 18.7 Å². The second-order valence-corrected chi connectivity index (χ2v) is 2.24. The molecule has 0 saturated heterocycles. The van der Waals surface area contributed by atoms with Crippen molar-refractivity contribution < 1.29 is 4.73 Å². The maximum absolute atomic E-state index is 10.9. The van der Waals surface area contributed by atoms with Crippen LogP contribution in [-0.2, 0) is 0 Å². The van der Waals surface area contributed by atoms with Crippen molar-refractivity contribution in [2.75, 3.05) is 0 Å². The molecule has 0 radical (unpaired) electrons. The van der Waals surface area contributed by atoms with Crippen LogP contribution in [0.5, 0.6) is 0 Å². The average molecular weight is 138 g/mol. The van der Waals surface area contributed by atoms with Crippen LogP contribution in [0.2, 0.25) is 0 Å². The first-order valence-electron chi connectivity index (χ1n) is 3.15. The van der Waals surface area contributed by atoms with Crippen molar-refractivity contribution in [3.63, 3.8) is 0 Å². The second kappa shape index (κ2) is 2.66. The van der Waals surface area contributed by atoms with Crippen molar-refractivity contribution in [1.29, 1.82) is 0 Å². The number of hydrogen-bond donors (Lipinski definition) is 1. The Morgan fingerprint density at radius 3 is 2.70 bits per heavy atom. The van der Waals surface area contributed by atoms with Gasteiger partial charge in [-0.3, -0.25) is 0 Å². The molecule has 2 N–H and O–H groups in total. The van der Waals surface area contributed by atoms with Crippen LogP contribution in [0.25, 0.3) is 0 Å². The van der Waals surface area contributed by atoms with Gasteiger partial charge in [0.25, 0.3) is 0 Å². The molecule has 0 amide bonds. The Balaban J connectivity index is 3.03. The fourth-order valence-corrected chi connectivity index (χ4v) is 0.794. The van der Waals surface area contributed by atoms with E-state index in [2.05, 4.69) is 0 Å². The monoisotopic (exact) mass is 138 g/mol. The number of rotatable bonds is 1. The quantitative estimate of drug-likeness (QED) is 0.449. The third-order valence-corrected chi connectivity index (χ3v) is 1.32. The molecule has 0 fully saturated rings. The molecule has 1 atom stereocenters. The average Bonchev–Trinajstić information content (AvgIpc) is 1.88. The number of nitrogens with two attached hydrogens (primary N) is 1. The molecule has 3 nitrogen and oxygen atoms in total. The Hall–Kier alpha value is -1.09. The maximum Gasteiger partial charge on any atom is 0.209 e. The summed E-state index contributed by atoms with van der Waals surface area (Å²) in [6, 6.07) is 5.00. The summed E-state index contributed by atoms with van der Waals surface area (Å²) in [6.07, 6.45) is 1.44. The predicted octanol–water partition coefficient (Wildman–Crippen LogP) is 0.340. The molecule has 0 aliphatic rings. The lowest BCUT2D eigenvalue weighted by atomic mass is 10.2. The van der Waals surface area contributed by atoms with Gasteiger partial charge in [-0.1, -0.05) is 0 Å². The van der Waals surface area contributed by atoms with Crippen LogP contribution >= 0.6 is 0 Å². The normalized spacial score (nSPS) is 13.0. The van der Waals surface area contributed by atoms with Crippen LogP contribution in [-0.4, -0.2) is 0 Å². The standard InChI is InChI=1S/C7H10N2O/c1-6(8)7-4-2-3-5-9(7)10/h2-6H,8H2,1H3. The molecule has 0 aliphatic heterocycles. The maximum atomic E-state index is 10.9. The number of aromatic nitrogens is 1. The zero-order chi connectivity index (χ0) is 7.56. The zero-order valence-corrected chi connectivity index (χ0v) is 5.82. The smallest absolute Gasteiger partial charge is 0.209 e. The lowest BCUT2D eigenvalue weighted by Crippen LogP contribution is -2.34. The van der Waals surface area contributed by atoms with Gasteiger partial charge in [0.2, 0.25) is 5.69 Å². The van der Waals surface area contributed by atoms with Crippen molar-refractivity contribution in [2.24, 2.45) is 5.73 Å². The Bertz CT molecular complexity index is 223. The highest BCUT2D eigenvalue weighted by Crippen LogP contribution is 2.00. The van der Waals surface area contributed by atoms with Crippen molar-refractivity contribution in [3.8, 4) is 0 Å². The SMILES string of the molecule is CC(N)c1cccc[n+]1[O-]. The minimum atomic E-state index is -0.196. The first-order chi connectivity index (χ1) is 4.72. The molecule has 54 valence electrons. The largest absolute Gasteiger partial charge is 0.618 e. The van der Waals surface area contributed by atoms with E-state index in [0.29, 0.717) is 5.69 Å². The summed E-state index contributed by atoms with van der Waals surface area (Å²) in [7, 11) is 0. The van der Waals surface area contributed by atoms with E-state index in [1.54, 1.807) is 25.1 Å². The van der Waals surface area contributed by atoms with E-state index in [1.165, 1.54) is 6.20 Å². The lowest BCUT2D eigenvalue weighted by Gasteiger charge is -2.04. The van der Waals surface area contributed by atoms with Gasteiger partial charge in [-0.15, -0.1) is 0 Å². The molecule has 0 spiro atoms. The number of pyridine rings is 1. The summed E-state index contributed by atoms with van der Waals surface area (Å²) in [5.41, 5.74) is 6.09. The van der Waals surface area contributed by atoms with Crippen LogP contribution in [0.15, 0.2) is 24.4 Å². The molecule has 1 aromatic rings. The van der Waals surface area contributed by atoms with Crippen molar-refractivity contribution >= 4 is 0 Å². The van der Waals surface area contributed by atoms with Gasteiger partial charge in [0.05, 0.1) is 6.04 Å². The first-order valence-corrected chi connectivity index (χ1v) is 3.15. The molecular formula is C7H10N2O. The summed E-state index contributed by atoms with van der Waals surface area (Å²) < 4.78 is 0.782. The molecule has 1 rings (SSSR count). The van der Waals surface area contributed by atoms with Crippen molar-refractivity contribution in [2.45, 2.75) is 13.0 Å². The van der Waals surface area contributed by atoms with Gasteiger partial charge in [-0.25, -0.2) is 0 Å². The summed E-state index contributed by atoms with van der Waals surface area (Å²) in [6.45, 7) is 1.78. The summed E-state index contributed by atoms with van der Waals surface area (Å²) in [5, 5.41) is 10.9. The lowest BCUT2D eigenvalue weighted by molar-refractivity contribution is -0.615. The number of nitrogens with zero attached hydrogens (tertiary/aromatic N) is 1. The van der Waals surface area contributed by atoms with Gasteiger partial charge in [0.1, 0.15) is 0 Å². The predicted molar refractivity (Wildman–Crippen MR) is 38.0 cm³/mol. The Kier molecular flexibility index (Phi) is 1.87. The van der Waals surface area contributed by atoms with Crippen LogP contribution in [0.4, 0.5) is 0 Å². The van der Waals surface area contributed by atoms with E-state index in [0.717, 1.165) is 4.73 Å². The van der Waals surface area contributed by atoms with E-state index in [9.17, 15) is 5.21 Å². The van der Waals surface area contributed by atoms with Crippen molar-refractivity contribution in [1.82, 2.24) is 0 Å². The Morgan fingerprint density at radius 2 is 2.30 bits per heavy atom. The van der Waals surface area contributed by atoms with Gasteiger partial charge < -0.3 is 10.9 Å². The fourth-order valence-electron chi connectivity index (χ4n) is 0.794. The van der Waals surface area contributed by atoms with E-state index < -0.39 is 0 Å². The third-order valence-electron chi connectivity index (χ3n) is 1.32. The summed E-state index contributed by atoms with van der Waals surface area (Å²) in [4.78, 5) is 0. The highest BCUT2D eigenvalue weighted by atomic mass is 16.5. The van der Waals surface area contributed by atoms with E-state index in [4.69, 9.17) is 5.73 Å². The topological polar surface area (TPSA) is 53.0 Å². The molecule has 1 unspecified atom stereocenters. The fraction of sp³-hybridized carbons (Fsp3) is 0.286. The molecule has 0 aromatic carbocycles. The number of hydrogen-bond acceptors (Lipinski definition) is 2. The van der Waals surface area contributed by atoms with Crippen LogP contribution in [0.3, 0.4) is 0 Å². The molecule has 3 heteroatoms. The molecule has 0 saturated carbocycles. The molecule has 0 aliphatic carbocycles. The third kappa shape index (κ3) is 1.25. The summed E-state index contributed by atoms with van der Waals surface area (Å²) >= 11 is 0. The van der Waals surface area contributed by atoms with Gasteiger partial charge in [0.15, 0.2) is 6.20 Å². The van der Waals surface area contributed by atoms with Gasteiger partial charge >= 0.3 is 0 Å². The molecule has 0 bridgehead atoms. The minimum absolute atomic E-state index is 0.196. The highest BCUT2D eigenvalue weighted by Gasteiger charge is 2.06. The molecule has 10 heavy (non-hydrogen) atoms. The second-order valence-electron chi connectivity index (χ2n) is 2.24. The Morgan fingerprint density at radius 1 is 1.60 bits per heavy atom. The van der Waals surface area contributed by atoms with Crippen LogP contribution in [0, 0.1) is 5.21 Å². The van der Waals surface area contributed by atoms with E-state index in [1.807, 2.05) is 0 Å². The van der Waals surface area contributed by atoms with Gasteiger partial charge in [-0.05, 0) is 13.0 Å². The van der Waals surface area contributed by atoms with Gasteiger partial charge in [-0.2, -0.15) is 4.73 Å². The molecular weight excluding hydrogens is 128 g/mol. The van der Waals surface area contributed by atoms with E-state index >= 15 is 0 Å². The molecule has 1 heterocycles. The highest BCUT2D eigenvalue weighted by molar-refractivity contribution is 5.00. The van der Waals surface area contributed by atoms with Crippen molar-refractivity contribution in [3.05, 3.63) is 35.3 Å². The molecule has 1 aromatic heterocycles. The minimum Gasteiger partial charge on any atom is -0.618 e. The summed E-state index contributed by atoms with van der Waals surface area (Å²) in [5.74, 6) is 0. The van der Waals surface area contributed by atoms with Gasteiger partial charge in [0, 0.05) is 12.1 Å². The zero-order valence-electron chi connectivity index (χ0n) is 5.82. The first kappa shape index (κ1) is 7.02.